The zero-order valence-corrected chi connectivity index (χ0v) is 9.92. The van der Waals surface area contributed by atoms with Gasteiger partial charge in [-0.05, 0) is 26.2 Å². The fourth-order valence-electron chi connectivity index (χ4n) is 0.951. The predicted molar refractivity (Wildman–Crippen MR) is 62.1 cm³/mol. The molecule has 0 aliphatic carbocycles. The van der Waals surface area contributed by atoms with E-state index in [2.05, 4.69) is 5.09 Å². The maximum atomic E-state index is 12.1. The summed E-state index contributed by atoms with van der Waals surface area (Å²) >= 11 is 5.69. The molecule has 0 saturated heterocycles. The lowest BCUT2D eigenvalue weighted by atomic mass is 10.3. The summed E-state index contributed by atoms with van der Waals surface area (Å²) in [7, 11) is 0.853. The number of alkyl halides is 1. The van der Waals surface area contributed by atoms with E-state index >= 15 is 0 Å². The van der Waals surface area contributed by atoms with Gasteiger partial charge in [-0.25, -0.2) is 4.67 Å². The molecule has 0 unspecified atom stereocenters. The van der Waals surface area contributed by atoms with Crippen molar-refractivity contribution in [1.29, 1.82) is 0 Å². The molecule has 0 fully saturated rings. The Kier molecular flexibility index (Phi) is 3.99. The summed E-state index contributed by atoms with van der Waals surface area (Å²) in [5, 5.41) is 2.95. The minimum atomic E-state index is -2.65. The smallest absolute Gasteiger partial charge is 0.251 e. The van der Waals surface area contributed by atoms with Crippen molar-refractivity contribution in [2.75, 3.05) is 24.8 Å². The monoisotopic (exact) mass is 232 g/mol. The van der Waals surface area contributed by atoms with Crippen LogP contribution in [0.25, 0.3) is 0 Å². The SMILES string of the molecule is CN(C)[P@@](=O)(CCl)Nc1ccccc1. The summed E-state index contributed by atoms with van der Waals surface area (Å²) in [6, 6.07) is 9.41. The molecule has 1 rings (SSSR count). The Balaban J connectivity index is 2.81. The first-order valence-corrected chi connectivity index (χ1v) is 6.62. The van der Waals surface area contributed by atoms with E-state index < -0.39 is 7.44 Å². The van der Waals surface area contributed by atoms with Gasteiger partial charge in [0.05, 0.1) is 0 Å². The van der Waals surface area contributed by atoms with Crippen molar-refractivity contribution < 1.29 is 4.57 Å². The molecule has 1 aromatic carbocycles. The lowest BCUT2D eigenvalue weighted by Gasteiger charge is -2.24. The van der Waals surface area contributed by atoms with Gasteiger partial charge in [0, 0.05) is 5.69 Å². The van der Waals surface area contributed by atoms with Crippen LogP contribution in [0, 0.1) is 0 Å². The Labute approximate surface area is 89.5 Å². The average Bonchev–Trinajstić information content (AvgIpc) is 2.19. The Hall–Kier alpha value is -0.500. The molecule has 0 heterocycles. The van der Waals surface area contributed by atoms with Gasteiger partial charge in [0.2, 0.25) is 0 Å². The van der Waals surface area contributed by atoms with Gasteiger partial charge in [0.25, 0.3) is 7.44 Å². The Morgan fingerprint density at radius 2 is 1.93 bits per heavy atom. The van der Waals surface area contributed by atoms with Gasteiger partial charge in [-0.15, -0.1) is 11.6 Å². The van der Waals surface area contributed by atoms with Gasteiger partial charge < -0.3 is 5.09 Å². The van der Waals surface area contributed by atoms with Crippen molar-refractivity contribution in [2.45, 2.75) is 0 Å². The third-order valence-electron chi connectivity index (χ3n) is 1.89. The minimum absolute atomic E-state index is 0.0922. The van der Waals surface area contributed by atoms with Gasteiger partial charge >= 0.3 is 0 Å². The quantitative estimate of drug-likeness (QED) is 0.640. The van der Waals surface area contributed by atoms with Crippen LogP contribution in [0.4, 0.5) is 5.69 Å². The van der Waals surface area contributed by atoms with Crippen molar-refractivity contribution in [3.05, 3.63) is 30.3 Å². The van der Waals surface area contributed by atoms with Crippen LogP contribution in [-0.2, 0) is 4.57 Å². The third kappa shape index (κ3) is 2.74. The molecule has 1 atom stereocenters. The van der Waals surface area contributed by atoms with Crippen LogP contribution in [-0.4, -0.2) is 24.4 Å². The van der Waals surface area contributed by atoms with Crippen molar-refractivity contribution in [3.8, 4) is 0 Å². The topological polar surface area (TPSA) is 32.3 Å². The molecule has 1 aromatic rings. The second-order valence-corrected chi connectivity index (χ2v) is 6.53. The molecular weight excluding hydrogens is 219 g/mol. The molecule has 0 aromatic heterocycles. The first-order valence-electron chi connectivity index (χ1n) is 4.24. The van der Waals surface area contributed by atoms with Crippen LogP contribution in [0.2, 0.25) is 0 Å². The highest BCUT2D eigenvalue weighted by atomic mass is 35.5. The molecule has 0 radical (unpaired) electrons. The second-order valence-electron chi connectivity index (χ2n) is 3.15. The predicted octanol–water partition coefficient (Wildman–Crippen LogP) is 3.05. The van der Waals surface area contributed by atoms with E-state index in [4.69, 9.17) is 11.6 Å². The molecule has 0 amide bonds. The first-order chi connectivity index (χ1) is 6.58. The Morgan fingerprint density at radius 3 is 2.36 bits per heavy atom. The van der Waals surface area contributed by atoms with Crippen molar-refractivity contribution in [1.82, 2.24) is 4.67 Å². The van der Waals surface area contributed by atoms with Gasteiger partial charge in [0.1, 0.15) is 5.62 Å². The number of nitrogens with one attached hydrogen (secondary N) is 1. The van der Waals surface area contributed by atoms with Gasteiger partial charge in [-0.2, -0.15) is 0 Å². The molecule has 78 valence electrons. The molecular formula is C9H14ClN2OP. The van der Waals surface area contributed by atoms with E-state index in [-0.39, 0.29) is 5.62 Å². The van der Waals surface area contributed by atoms with Crippen molar-refractivity contribution in [2.24, 2.45) is 0 Å². The molecule has 0 aliphatic rings. The minimum Gasteiger partial charge on any atom is -0.324 e. The standard InChI is InChI=1S/C9H14ClN2OP/c1-12(2)14(13,8-10)11-9-6-4-3-5-7-9/h3-7H,8H2,1-2H3,(H,11,13)/t14-/m1/s1. The van der Waals surface area contributed by atoms with E-state index in [0.29, 0.717) is 0 Å². The highest BCUT2D eigenvalue weighted by molar-refractivity contribution is 7.64. The summed E-state index contributed by atoms with van der Waals surface area (Å²) in [6.07, 6.45) is 0. The summed E-state index contributed by atoms with van der Waals surface area (Å²) < 4.78 is 13.8. The summed E-state index contributed by atoms with van der Waals surface area (Å²) in [4.78, 5) is 0. The van der Waals surface area contributed by atoms with E-state index in [9.17, 15) is 4.57 Å². The van der Waals surface area contributed by atoms with Crippen LogP contribution in [0.5, 0.6) is 0 Å². The zero-order chi connectivity index (χ0) is 10.6. The number of rotatable bonds is 4. The number of nitrogens with zero attached hydrogens (tertiary/aromatic N) is 1. The van der Waals surface area contributed by atoms with Gasteiger partial charge in [-0.3, -0.25) is 4.57 Å². The fraction of sp³-hybridized carbons (Fsp3) is 0.333. The highest BCUT2D eigenvalue weighted by Crippen LogP contribution is 2.47. The number of para-hydroxylation sites is 1. The van der Waals surface area contributed by atoms with Crippen LogP contribution < -0.4 is 5.09 Å². The molecule has 3 nitrogen and oxygen atoms in total. The maximum absolute atomic E-state index is 12.1. The van der Waals surface area contributed by atoms with Crippen molar-refractivity contribution in [3.63, 3.8) is 0 Å². The van der Waals surface area contributed by atoms with Gasteiger partial charge in [-0.1, -0.05) is 18.2 Å². The van der Waals surface area contributed by atoms with Crippen LogP contribution in [0.1, 0.15) is 0 Å². The molecule has 0 spiro atoms. The fourth-order valence-corrected chi connectivity index (χ4v) is 2.80. The second kappa shape index (κ2) is 4.83. The summed E-state index contributed by atoms with van der Waals surface area (Å²) in [5.74, 6) is 0. The molecule has 0 bridgehead atoms. The highest BCUT2D eigenvalue weighted by Gasteiger charge is 2.23. The maximum Gasteiger partial charge on any atom is 0.251 e. The Bertz CT molecular complexity index is 329. The number of anilines is 1. The molecule has 0 saturated carbocycles. The molecule has 14 heavy (non-hydrogen) atoms. The van der Waals surface area contributed by atoms with Crippen LogP contribution >= 0.6 is 19.0 Å². The first kappa shape index (κ1) is 11.6. The van der Waals surface area contributed by atoms with E-state index in [1.54, 1.807) is 18.8 Å². The summed E-state index contributed by atoms with van der Waals surface area (Å²) in [6.45, 7) is 0. The molecule has 1 N–H and O–H groups in total. The Morgan fingerprint density at radius 1 is 1.36 bits per heavy atom. The molecule has 0 aliphatic heterocycles. The van der Waals surface area contributed by atoms with Crippen molar-refractivity contribution >= 4 is 24.7 Å². The van der Waals surface area contributed by atoms with E-state index in [1.807, 2.05) is 30.3 Å². The van der Waals surface area contributed by atoms with E-state index in [0.717, 1.165) is 5.69 Å². The van der Waals surface area contributed by atoms with Crippen LogP contribution in [0.3, 0.4) is 0 Å². The number of halogens is 1. The summed E-state index contributed by atoms with van der Waals surface area (Å²) in [5.41, 5.74) is 0.916. The normalized spacial score (nSPS) is 15.1. The lowest BCUT2D eigenvalue weighted by Crippen LogP contribution is -2.15. The largest absolute Gasteiger partial charge is 0.324 e. The number of hydrogen-bond donors (Lipinski definition) is 1. The third-order valence-corrected chi connectivity index (χ3v) is 5.08. The lowest BCUT2D eigenvalue weighted by molar-refractivity contribution is 0.523. The number of hydrogen-bond acceptors (Lipinski definition) is 1. The molecule has 5 heteroatoms. The van der Waals surface area contributed by atoms with Crippen LogP contribution in [0.15, 0.2) is 30.3 Å². The van der Waals surface area contributed by atoms with E-state index in [1.165, 1.54) is 0 Å². The zero-order valence-electron chi connectivity index (χ0n) is 8.27. The average molecular weight is 233 g/mol. The van der Waals surface area contributed by atoms with Gasteiger partial charge in [0.15, 0.2) is 0 Å². The number of benzene rings is 1.